The molecule has 0 bridgehead atoms. The maximum atomic E-state index is 13.4. The first-order chi connectivity index (χ1) is 8.69. The molecule has 1 aliphatic heterocycles. The zero-order chi connectivity index (χ0) is 13.0. The van der Waals surface area contributed by atoms with Gasteiger partial charge in [0.25, 0.3) is 0 Å². The van der Waals surface area contributed by atoms with Crippen LogP contribution in [-0.4, -0.2) is 32.3 Å². The van der Waals surface area contributed by atoms with Gasteiger partial charge in [-0.15, -0.1) is 0 Å². The number of ether oxygens (including phenoxy) is 2. The van der Waals surface area contributed by atoms with Crippen LogP contribution in [0.15, 0.2) is 24.3 Å². The van der Waals surface area contributed by atoms with Crippen LogP contribution in [0.2, 0.25) is 0 Å². The first-order valence-corrected chi connectivity index (χ1v) is 5.59. The van der Waals surface area contributed by atoms with Gasteiger partial charge in [0, 0.05) is 6.08 Å². The highest BCUT2D eigenvalue weighted by atomic mass is 19.1. The third kappa shape index (κ3) is 3.07. The lowest BCUT2D eigenvalue weighted by Crippen LogP contribution is -2.48. The Kier molecular flexibility index (Phi) is 3.94. The largest absolute Gasteiger partial charge is 0.494 e. The Balaban J connectivity index is 1.95. The van der Waals surface area contributed by atoms with Crippen molar-refractivity contribution in [2.24, 2.45) is 0 Å². The van der Waals surface area contributed by atoms with Gasteiger partial charge < -0.3 is 14.8 Å². The van der Waals surface area contributed by atoms with Crippen molar-refractivity contribution in [3.63, 3.8) is 0 Å². The Labute approximate surface area is 104 Å². The van der Waals surface area contributed by atoms with Crippen LogP contribution < -0.4 is 10.1 Å². The Morgan fingerprint density at radius 3 is 2.89 bits per heavy atom. The van der Waals surface area contributed by atoms with Crippen molar-refractivity contribution in [1.29, 1.82) is 0 Å². The van der Waals surface area contributed by atoms with Crippen LogP contribution in [0.25, 0.3) is 6.08 Å². The van der Waals surface area contributed by atoms with Gasteiger partial charge in [0.15, 0.2) is 11.6 Å². The van der Waals surface area contributed by atoms with Gasteiger partial charge >= 0.3 is 0 Å². The molecule has 2 rings (SSSR count). The predicted octanol–water partition coefficient (Wildman–Crippen LogP) is 1.36. The molecule has 4 nitrogen and oxygen atoms in total. The molecule has 1 fully saturated rings. The molecule has 1 aromatic rings. The molecule has 0 saturated carbocycles. The molecule has 1 aliphatic rings. The van der Waals surface area contributed by atoms with E-state index in [2.05, 4.69) is 5.32 Å². The highest BCUT2D eigenvalue weighted by molar-refractivity contribution is 5.92. The average molecular weight is 251 g/mol. The van der Waals surface area contributed by atoms with Gasteiger partial charge in [-0.2, -0.15) is 0 Å². The molecular formula is C13H14FNO3. The summed E-state index contributed by atoms with van der Waals surface area (Å²) in [6, 6.07) is 4.61. The third-order valence-corrected chi connectivity index (χ3v) is 2.59. The molecule has 0 aromatic heterocycles. The Hall–Kier alpha value is -1.88. The lowest BCUT2D eigenvalue weighted by atomic mass is 10.2. The van der Waals surface area contributed by atoms with Gasteiger partial charge in [0.1, 0.15) is 0 Å². The SMILES string of the molecule is COc1ccc(C=CC(=O)NC2COC2)cc1F. The maximum Gasteiger partial charge on any atom is 0.244 e. The Morgan fingerprint density at radius 2 is 2.33 bits per heavy atom. The molecule has 1 aromatic carbocycles. The topological polar surface area (TPSA) is 47.6 Å². The van der Waals surface area contributed by atoms with Crippen LogP contribution in [-0.2, 0) is 9.53 Å². The van der Waals surface area contributed by atoms with Crippen LogP contribution in [0, 0.1) is 5.82 Å². The number of hydrogen-bond donors (Lipinski definition) is 1. The van der Waals surface area contributed by atoms with Crippen molar-refractivity contribution in [2.75, 3.05) is 20.3 Å². The normalized spacial score (nSPS) is 15.4. The monoisotopic (exact) mass is 251 g/mol. The minimum absolute atomic E-state index is 0.0924. The number of rotatable bonds is 4. The first kappa shape index (κ1) is 12.6. The Morgan fingerprint density at radius 1 is 1.56 bits per heavy atom. The van der Waals surface area contributed by atoms with Crippen LogP contribution in [0.1, 0.15) is 5.56 Å². The van der Waals surface area contributed by atoms with Crippen molar-refractivity contribution >= 4 is 12.0 Å². The second kappa shape index (κ2) is 5.64. The lowest BCUT2D eigenvalue weighted by Gasteiger charge is -2.26. The molecule has 0 radical (unpaired) electrons. The number of carbonyl (C=O) groups excluding carboxylic acids is 1. The summed E-state index contributed by atoms with van der Waals surface area (Å²) >= 11 is 0. The molecule has 96 valence electrons. The van der Waals surface area contributed by atoms with E-state index in [0.29, 0.717) is 18.8 Å². The highest BCUT2D eigenvalue weighted by Gasteiger charge is 2.18. The molecule has 1 heterocycles. The fourth-order valence-electron chi connectivity index (χ4n) is 1.53. The molecule has 1 saturated heterocycles. The van der Waals surface area contributed by atoms with E-state index in [1.54, 1.807) is 12.1 Å². The molecule has 1 amide bonds. The maximum absolute atomic E-state index is 13.4. The second-order valence-electron chi connectivity index (χ2n) is 3.97. The minimum atomic E-state index is -0.451. The van der Waals surface area contributed by atoms with Crippen LogP contribution in [0.4, 0.5) is 4.39 Å². The van der Waals surface area contributed by atoms with Crippen molar-refractivity contribution in [3.05, 3.63) is 35.7 Å². The van der Waals surface area contributed by atoms with Crippen molar-refractivity contribution in [2.45, 2.75) is 6.04 Å². The van der Waals surface area contributed by atoms with Crippen molar-refractivity contribution < 1.29 is 18.7 Å². The van der Waals surface area contributed by atoms with Gasteiger partial charge in [0.05, 0.1) is 26.4 Å². The van der Waals surface area contributed by atoms with Gasteiger partial charge in [-0.25, -0.2) is 4.39 Å². The first-order valence-electron chi connectivity index (χ1n) is 5.59. The molecule has 0 aliphatic carbocycles. The standard InChI is InChI=1S/C13H14FNO3/c1-17-12-4-2-9(6-11(12)14)3-5-13(16)15-10-7-18-8-10/h2-6,10H,7-8H2,1H3,(H,15,16). The summed E-state index contributed by atoms with van der Waals surface area (Å²) in [4.78, 5) is 11.5. The van der Waals surface area contributed by atoms with E-state index in [0.717, 1.165) is 0 Å². The van der Waals surface area contributed by atoms with Gasteiger partial charge in [-0.1, -0.05) is 6.07 Å². The van der Waals surface area contributed by atoms with Crippen LogP contribution in [0.5, 0.6) is 5.75 Å². The molecule has 18 heavy (non-hydrogen) atoms. The van der Waals surface area contributed by atoms with Gasteiger partial charge in [-0.3, -0.25) is 4.79 Å². The summed E-state index contributed by atoms with van der Waals surface area (Å²) in [7, 11) is 1.40. The summed E-state index contributed by atoms with van der Waals surface area (Å²) in [5.41, 5.74) is 0.605. The summed E-state index contributed by atoms with van der Waals surface area (Å²) in [6.45, 7) is 1.10. The third-order valence-electron chi connectivity index (χ3n) is 2.59. The number of carbonyl (C=O) groups is 1. The average Bonchev–Trinajstić information content (AvgIpc) is 2.31. The smallest absolute Gasteiger partial charge is 0.244 e. The van der Waals surface area contributed by atoms with E-state index in [1.165, 1.54) is 25.3 Å². The van der Waals surface area contributed by atoms with Crippen LogP contribution in [0.3, 0.4) is 0 Å². The van der Waals surface area contributed by atoms with E-state index in [-0.39, 0.29) is 17.7 Å². The van der Waals surface area contributed by atoms with Gasteiger partial charge in [-0.05, 0) is 23.8 Å². The highest BCUT2D eigenvalue weighted by Crippen LogP contribution is 2.18. The lowest BCUT2D eigenvalue weighted by molar-refractivity contribution is -0.120. The molecule has 1 N–H and O–H groups in total. The number of halogens is 1. The van der Waals surface area contributed by atoms with Crippen molar-refractivity contribution in [1.82, 2.24) is 5.32 Å². The van der Waals surface area contributed by atoms with E-state index in [1.807, 2.05) is 0 Å². The molecular weight excluding hydrogens is 237 g/mol. The summed E-state index contributed by atoms with van der Waals surface area (Å²) in [5.74, 6) is -0.477. The summed E-state index contributed by atoms with van der Waals surface area (Å²) in [6.07, 6.45) is 2.93. The fourth-order valence-corrected chi connectivity index (χ4v) is 1.53. The summed E-state index contributed by atoms with van der Waals surface area (Å²) in [5, 5.41) is 2.75. The molecule has 5 heteroatoms. The zero-order valence-electron chi connectivity index (χ0n) is 9.98. The number of amides is 1. The molecule has 0 atom stereocenters. The van der Waals surface area contributed by atoms with Gasteiger partial charge in [0.2, 0.25) is 5.91 Å². The van der Waals surface area contributed by atoms with E-state index in [9.17, 15) is 9.18 Å². The fraction of sp³-hybridized carbons (Fsp3) is 0.308. The van der Waals surface area contributed by atoms with E-state index < -0.39 is 5.82 Å². The number of methoxy groups -OCH3 is 1. The number of benzene rings is 1. The molecule has 0 spiro atoms. The minimum Gasteiger partial charge on any atom is -0.494 e. The Bertz CT molecular complexity index is 469. The number of nitrogens with one attached hydrogen (secondary N) is 1. The zero-order valence-corrected chi connectivity index (χ0v) is 9.98. The van der Waals surface area contributed by atoms with E-state index in [4.69, 9.17) is 9.47 Å². The van der Waals surface area contributed by atoms with E-state index >= 15 is 0 Å². The summed E-state index contributed by atoms with van der Waals surface area (Å²) < 4.78 is 23.1. The van der Waals surface area contributed by atoms with Crippen molar-refractivity contribution in [3.8, 4) is 5.75 Å². The number of hydrogen-bond acceptors (Lipinski definition) is 3. The quantitative estimate of drug-likeness (QED) is 0.822. The second-order valence-corrected chi connectivity index (χ2v) is 3.97. The molecule has 0 unspecified atom stereocenters. The predicted molar refractivity (Wildman–Crippen MR) is 64.7 cm³/mol. The van der Waals surface area contributed by atoms with Crippen LogP contribution >= 0.6 is 0 Å².